The Hall–Kier alpha value is -2.86. The van der Waals surface area contributed by atoms with Crippen LogP contribution in [0, 0.1) is 11.3 Å². The van der Waals surface area contributed by atoms with E-state index < -0.39 is 0 Å². The number of nitriles is 1. The molecule has 102 valence electrons. The third-order valence-electron chi connectivity index (χ3n) is 3.37. The van der Waals surface area contributed by atoms with Crippen molar-refractivity contribution in [2.75, 3.05) is 0 Å². The summed E-state index contributed by atoms with van der Waals surface area (Å²) in [4.78, 5) is 4.47. The molecule has 0 aliphatic rings. The maximum Gasteiger partial charge on any atom is 0.237 e. The summed E-state index contributed by atoms with van der Waals surface area (Å²) in [5.41, 5.74) is 2.36. The van der Waals surface area contributed by atoms with Crippen LogP contribution in [0.2, 0.25) is 0 Å². The zero-order valence-corrected chi connectivity index (χ0v) is 11.7. The molecule has 0 atom stereocenters. The van der Waals surface area contributed by atoms with Crippen LogP contribution >= 0.6 is 0 Å². The van der Waals surface area contributed by atoms with Crippen LogP contribution in [0.1, 0.15) is 18.1 Å². The van der Waals surface area contributed by atoms with E-state index in [2.05, 4.69) is 18.0 Å². The highest BCUT2D eigenvalue weighted by Crippen LogP contribution is 2.28. The molecule has 2 aromatic carbocycles. The highest BCUT2D eigenvalue weighted by atomic mass is 16.5. The van der Waals surface area contributed by atoms with Gasteiger partial charge in [-0.2, -0.15) is 5.26 Å². The lowest BCUT2D eigenvalue weighted by Crippen LogP contribution is -1.95. The van der Waals surface area contributed by atoms with Crippen molar-refractivity contribution in [2.24, 2.45) is 0 Å². The van der Waals surface area contributed by atoms with Gasteiger partial charge in [0.25, 0.3) is 0 Å². The van der Waals surface area contributed by atoms with Crippen LogP contribution in [-0.4, -0.2) is 4.98 Å². The summed E-state index contributed by atoms with van der Waals surface area (Å²) >= 11 is 0. The van der Waals surface area contributed by atoms with Crippen LogP contribution in [-0.2, 0) is 6.42 Å². The number of ether oxygens (including phenoxy) is 1. The van der Waals surface area contributed by atoms with Gasteiger partial charge in [0.1, 0.15) is 17.4 Å². The topological polar surface area (TPSA) is 45.9 Å². The second kappa shape index (κ2) is 5.64. The molecule has 1 heterocycles. The molecule has 3 rings (SSSR count). The first-order chi connectivity index (χ1) is 10.3. The van der Waals surface area contributed by atoms with E-state index in [1.165, 1.54) is 0 Å². The number of aryl methyl sites for hydroxylation is 1. The molecule has 0 aliphatic carbocycles. The number of aromatic nitrogens is 1. The van der Waals surface area contributed by atoms with Crippen molar-refractivity contribution in [3.63, 3.8) is 0 Å². The molecule has 0 spiro atoms. The first-order valence-electron chi connectivity index (χ1n) is 6.87. The summed E-state index contributed by atoms with van der Waals surface area (Å²) in [6.45, 7) is 2.07. The normalized spacial score (nSPS) is 10.3. The zero-order chi connectivity index (χ0) is 14.7. The minimum absolute atomic E-state index is 0.358. The van der Waals surface area contributed by atoms with Crippen LogP contribution in [0.15, 0.2) is 54.6 Å². The predicted octanol–water partition coefficient (Wildman–Crippen LogP) is 4.46. The minimum atomic E-state index is 0.358. The predicted molar refractivity (Wildman–Crippen MR) is 82.4 cm³/mol. The van der Waals surface area contributed by atoms with Gasteiger partial charge in [-0.1, -0.05) is 43.3 Å². The molecule has 3 heteroatoms. The van der Waals surface area contributed by atoms with Gasteiger partial charge in [0.2, 0.25) is 5.88 Å². The van der Waals surface area contributed by atoms with E-state index in [4.69, 9.17) is 4.74 Å². The van der Waals surface area contributed by atoms with Crippen molar-refractivity contribution < 1.29 is 4.74 Å². The number of para-hydroxylation sites is 2. The van der Waals surface area contributed by atoms with Gasteiger partial charge in [0, 0.05) is 5.39 Å². The fourth-order valence-electron chi connectivity index (χ4n) is 2.26. The molecule has 0 fully saturated rings. The van der Waals surface area contributed by atoms with Crippen molar-refractivity contribution in [2.45, 2.75) is 13.3 Å². The maximum absolute atomic E-state index is 9.31. The van der Waals surface area contributed by atoms with Gasteiger partial charge in [-0.25, -0.2) is 4.98 Å². The van der Waals surface area contributed by atoms with Crippen molar-refractivity contribution >= 4 is 10.9 Å². The lowest BCUT2D eigenvalue weighted by atomic mass is 10.1. The molecule has 1 aromatic heterocycles. The van der Waals surface area contributed by atoms with Crippen LogP contribution in [0.3, 0.4) is 0 Å². The molecule has 0 saturated heterocycles. The quantitative estimate of drug-likeness (QED) is 0.708. The summed E-state index contributed by atoms with van der Waals surface area (Å²) in [5, 5.41) is 10.2. The number of rotatable bonds is 3. The Morgan fingerprint density at radius 3 is 2.67 bits per heavy atom. The molecular formula is C18H14N2O. The maximum atomic E-state index is 9.31. The molecule has 0 unspecified atom stereocenters. The van der Waals surface area contributed by atoms with E-state index in [-0.39, 0.29) is 0 Å². The van der Waals surface area contributed by atoms with Crippen molar-refractivity contribution in [1.29, 1.82) is 5.26 Å². The number of benzene rings is 2. The minimum Gasteiger partial charge on any atom is -0.437 e. The Morgan fingerprint density at radius 2 is 1.86 bits per heavy atom. The Morgan fingerprint density at radius 1 is 1.10 bits per heavy atom. The van der Waals surface area contributed by atoms with Gasteiger partial charge in [-0.05, 0) is 30.2 Å². The van der Waals surface area contributed by atoms with E-state index >= 15 is 0 Å². The molecular weight excluding hydrogens is 260 g/mol. The van der Waals surface area contributed by atoms with Crippen LogP contribution in [0.4, 0.5) is 0 Å². The molecule has 0 radical (unpaired) electrons. The number of hydrogen-bond acceptors (Lipinski definition) is 3. The summed E-state index contributed by atoms with van der Waals surface area (Å²) in [5.74, 6) is 1.11. The standard InChI is InChI=1S/C18H14N2O/c1-2-13-7-4-6-10-17(13)21-18-15(12-19)11-14-8-3-5-9-16(14)20-18/h3-11H,2H2,1H3. The van der Waals surface area contributed by atoms with Gasteiger partial charge < -0.3 is 4.74 Å². The number of nitrogens with zero attached hydrogens (tertiary/aromatic N) is 2. The monoisotopic (exact) mass is 274 g/mol. The van der Waals surface area contributed by atoms with Gasteiger partial charge in [0.15, 0.2) is 0 Å². The largest absolute Gasteiger partial charge is 0.437 e. The Kier molecular flexibility index (Phi) is 3.53. The van der Waals surface area contributed by atoms with Crippen LogP contribution in [0.25, 0.3) is 10.9 Å². The van der Waals surface area contributed by atoms with E-state index in [1.54, 1.807) is 0 Å². The Bertz CT molecular complexity index is 834. The molecule has 0 bridgehead atoms. The van der Waals surface area contributed by atoms with Crippen molar-refractivity contribution in [3.05, 3.63) is 65.7 Å². The number of fused-ring (bicyclic) bond motifs is 1. The fourth-order valence-corrected chi connectivity index (χ4v) is 2.26. The Labute approximate surface area is 123 Å². The second-order valence-corrected chi connectivity index (χ2v) is 4.71. The van der Waals surface area contributed by atoms with E-state index in [0.29, 0.717) is 11.4 Å². The summed E-state index contributed by atoms with van der Waals surface area (Å²) in [7, 11) is 0. The number of pyridine rings is 1. The zero-order valence-electron chi connectivity index (χ0n) is 11.7. The third-order valence-corrected chi connectivity index (χ3v) is 3.37. The van der Waals surface area contributed by atoms with Crippen molar-refractivity contribution in [3.8, 4) is 17.7 Å². The second-order valence-electron chi connectivity index (χ2n) is 4.71. The highest BCUT2D eigenvalue weighted by Gasteiger charge is 2.10. The van der Waals surface area contributed by atoms with E-state index in [0.717, 1.165) is 28.6 Å². The molecule has 0 saturated carbocycles. The van der Waals surface area contributed by atoms with Gasteiger partial charge in [-0.3, -0.25) is 0 Å². The summed E-state index contributed by atoms with van der Waals surface area (Å²) in [6.07, 6.45) is 0.867. The summed E-state index contributed by atoms with van der Waals surface area (Å²) in [6, 6.07) is 19.5. The van der Waals surface area contributed by atoms with Gasteiger partial charge in [-0.15, -0.1) is 0 Å². The smallest absolute Gasteiger partial charge is 0.237 e. The average Bonchev–Trinajstić information content (AvgIpc) is 2.54. The molecule has 3 aromatic rings. The number of hydrogen-bond donors (Lipinski definition) is 0. The van der Waals surface area contributed by atoms with Crippen LogP contribution in [0.5, 0.6) is 11.6 Å². The molecule has 0 amide bonds. The fraction of sp³-hybridized carbons (Fsp3) is 0.111. The average molecular weight is 274 g/mol. The van der Waals surface area contributed by atoms with E-state index in [1.807, 2.05) is 54.6 Å². The lowest BCUT2D eigenvalue weighted by molar-refractivity contribution is 0.458. The first-order valence-corrected chi connectivity index (χ1v) is 6.87. The SMILES string of the molecule is CCc1ccccc1Oc1nc2ccccc2cc1C#N. The van der Waals surface area contributed by atoms with Crippen LogP contribution < -0.4 is 4.74 Å². The summed E-state index contributed by atoms with van der Waals surface area (Å²) < 4.78 is 5.90. The highest BCUT2D eigenvalue weighted by molar-refractivity contribution is 5.81. The van der Waals surface area contributed by atoms with Crippen molar-refractivity contribution in [1.82, 2.24) is 4.98 Å². The molecule has 21 heavy (non-hydrogen) atoms. The van der Waals surface area contributed by atoms with Gasteiger partial charge >= 0.3 is 0 Å². The van der Waals surface area contributed by atoms with E-state index in [9.17, 15) is 5.26 Å². The lowest BCUT2D eigenvalue weighted by Gasteiger charge is -2.11. The molecule has 0 aliphatic heterocycles. The Balaban J connectivity index is 2.09. The molecule has 3 nitrogen and oxygen atoms in total. The first kappa shape index (κ1) is 13.1. The van der Waals surface area contributed by atoms with Gasteiger partial charge in [0.05, 0.1) is 5.52 Å². The molecule has 0 N–H and O–H groups in total. The third kappa shape index (κ3) is 2.56.